The normalized spacial score (nSPS) is 17.4. The summed E-state index contributed by atoms with van der Waals surface area (Å²) in [5, 5.41) is 22.6. The summed E-state index contributed by atoms with van der Waals surface area (Å²) >= 11 is 4.58. The van der Waals surface area contributed by atoms with Crippen molar-refractivity contribution >= 4 is 32.4 Å². The number of hydrogen-bond donors (Lipinski definition) is 2. The Kier molecular flexibility index (Phi) is 4.72. The van der Waals surface area contributed by atoms with Crippen molar-refractivity contribution in [3.63, 3.8) is 0 Å². The summed E-state index contributed by atoms with van der Waals surface area (Å²) < 4.78 is 19.9. The monoisotopic (exact) mass is 387 g/mol. The Balaban J connectivity index is 1.70. The summed E-state index contributed by atoms with van der Waals surface area (Å²) in [6, 6.07) is 4.70. The van der Waals surface area contributed by atoms with E-state index in [-0.39, 0.29) is 5.82 Å². The first-order valence-corrected chi connectivity index (χ1v) is 8.50. The van der Waals surface area contributed by atoms with E-state index in [0.717, 1.165) is 4.47 Å². The number of aliphatic hydroxyl groups is 1. The minimum Gasteiger partial charge on any atom is -0.388 e. The van der Waals surface area contributed by atoms with Gasteiger partial charge in [0.2, 0.25) is 5.13 Å². The molecule has 2 heterocycles. The van der Waals surface area contributed by atoms with Crippen LogP contribution in [0.5, 0.6) is 0 Å². The van der Waals surface area contributed by atoms with Gasteiger partial charge in [-0.2, -0.15) is 0 Å². The number of benzene rings is 1. The van der Waals surface area contributed by atoms with E-state index in [4.69, 9.17) is 4.74 Å². The zero-order valence-corrected chi connectivity index (χ0v) is 14.1. The van der Waals surface area contributed by atoms with E-state index in [0.29, 0.717) is 48.3 Å². The molecule has 1 aliphatic rings. The first kappa shape index (κ1) is 15.8. The van der Waals surface area contributed by atoms with Gasteiger partial charge in [0.25, 0.3) is 0 Å². The van der Waals surface area contributed by atoms with Crippen LogP contribution in [0.1, 0.15) is 12.8 Å². The van der Waals surface area contributed by atoms with Crippen LogP contribution in [0, 0.1) is 5.82 Å². The summed E-state index contributed by atoms with van der Waals surface area (Å²) in [5.74, 6) is -0.339. The molecule has 0 bridgehead atoms. The molecule has 5 nitrogen and oxygen atoms in total. The second-order valence-electron chi connectivity index (χ2n) is 5.23. The fourth-order valence-electron chi connectivity index (χ4n) is 2.23. The summed E-state index contributed by atoms with van der Waals surface area (Å²) in [4.78, 5) is 0. The van der Waals surface area contributed by atoms with Gasteiger partial charge < -0.3 is 15.2 Å². The van der Waals surface area contributed by atoms with Gasteiger partial charge in [0.05, 0.1) is 5.60 Å². The summed E-state index contributed by atoms with van der Waals surface area (Å²) in [6.07, 6.45) is 1.18. The molecule has 1 fully saturated rings. The fraction of sp³-hybridized carbons (Fsp3) is 0.429. The Hall–Kier alpha value is -1.09. The molecule has 118 valence electrons. The molecule has 0 aliphatic carbocycles. The highest BCUT2D eigenvalue weighted by molar-refractivity contribution is 9.10. The van der Waals surface area contributed by atoms with Crippen molar-refractivity contribution < 1.29 is 14.2 Å². The summed E-state index contributed by atoms with van der Waals surface area (Å²) in [6.45, 7) is 1.50. The van der Waals surface area contributed by atoms with Gasteiger partial charge in [0.1, 0.15) is 5.82 Å². The standard InChI is InChI=1S/C14H15BrFN3O2S/c15-9-1-2-11(16)10(7-9)12-18-19-13(22-12)17-8-14(20)3-5-21-6-4-14/h1-2,7,20H,3-6,8H2,(H,17,19). The lowest BCUT2D eigenvalue weighted by Crippen LogP contribution is -2.42. The average molecular weight is 388 g/mol. The highest BCUT2D eigenvalue weighted by Crippen LogP contribution is 2.31. The number of nitrogens with one attached hydrogen (secondary N) is 1. The maximum absolute atomic E-state index is 13.8. The minimum absolute atomic E-state index is 0.339. The lowest BCUT2D eigenvalue weighted by Gasteiger charge is -2.31. The van der Waals surface area contributed by atoms with Gasteiger partial charge in [-0.1, -0.05) is 27.3 Å². The van der Waals surface area contributed by atoms with Crippen LogP contribution in [0.3, 0.4) is 0 Å². The summed E-state index contributed by atoms with van der Waals surface area (Å²) in [5.41, 5.74) is -0.379. The van der Waals surface area contributed by atoms with E-state index in [1.807, 2.05) is 0 Å². The third-order valence-corrected chi connectivity index (χ3v) is 4.98. The van der Waals surface area contributed by atoms with Gasteiger partial charge in [-0.25, -0.2) is 4.39 Å². The predicted octanol–water partition coefficient (Wildman–Crippen LogP) is 3.06. The first-order chi connectivity index (χ1) is 10.6. The van der Waals surface area contributed by atoms with Crippen LogP contribution in [-0.2, 0) is 4.74 Å². The highest BCUT2D eigenvalue weighted by atomic mass is 79.9. The van der Waals surface area contributed by atoms with Crippen LogP contribution in [0.25, 0.3) is 10.6 Å². The van der Waals surface area contributed by atoms with Crippen molar-refractivity contribution in [1.82, 2.24) is 10.2 Å². The highest BCUT2D eigenvalue weighted by Gasteiger charge is 2.29. The van der Waals surface area contributed by atoms with Crippen molar-refractivity contribution in [2.24, 2.45) is 0 Å². The smallest absolute Gasteiger partial charge is 0.206 e. The van der Waals surface area contributed by atoms with E-state index in [1.54, 1.807) is 12.1 Å². The zero-order chi connectivity index (χ0) is 15.6. The van der Waals surface area contributed by atoms with Crippen molar-refractivity contribution in [1.29, 1.82) is 0 Å². The molecule has 0 saturated carbocycles. The number of aromatic nitrogens is 2. The Morgan fingerprint density at radius 2 is 2.14 bits per heavy atom. The molecule has 0 spiro atoms. The Labute approximate surface area is 139 Å². The molecule has 0 radical (unpaired) electrons. The average Bonchev–Trinajstić information content (AvgIpc) is 2.97. The predicted molar refractivity (Wildman–Crippen MR) is 86.5 cm³/mol. The number of rotatable bonds is 4. The number of halogens is 2. The zero-order valence-electron chi connectivity index (χ0n) is 11.7. The first-order valence-electron chi connectivity index (χ1n) is 6.89. The molecule has 0 unspecified atom stereocenters. The third-order valence-electron chi connectivity index (χ3n) is 3.58. The lowest BCUT2D eigenvalue weighted by molar-refractivity contribution is -0.0543. The molecule has 0 amide bonds. The number of ether oxygens (including phenoxy) is 1. The largest absolute Gasteiger partial charge is 0.388 e. The topological polar surface area (TPSA) is 67.3 Å². The van der Waals surface area contributed by atoms with E-state index in [2.05, 4.69) is 31.4 Å². The van der Waals surface area contributed by atoms with Gasteiger partial charge >= 0.3 is 0 Å². The molecule has 2 N–H and O–H groups in total. The Morgan fingerprint density at radius 1 is 1.36 bits per heavy atom. The molecule has 8 heteroatoms. The molecule has 0 atom stereocenters. The van der Waals surface area contributed by atoms with Crippen LogP contribution < -0.4 is 5.32 Å². The molecular formula is C14H15BrFN3O2S. The Morgan fingerprint density at radius 3 is 2.91 bits per heavy atom. The van der Waals surface area contributed by atoms with Gasteiger partial charge in [-0.05, 0) is 18.2 Å². The van der Waals surface area contributed by atoms with Crippen LogP contribution in [0.4, 0.5) is 9.52 Å². The van der Waals surface area contributed by atoms with Crippen molar-refractivity contribution in [3.8, 4) is 10.6 Å². The number of nitrogens with zero attached hydrogens (tertiary/aromatic N) is 2. The SMILES string of the molecule is OC1(CNc2nnc(-c3cc(Br)ccc3F)s2)CCOCC1. The van der Waals surface area contributed by atoms with Crippen LogP contribution in [0.2, 0.25) is 0 Å². The van der Waals surface area contributed by atoms with Crippen molar-refractivity contribution in [2.45, 2.75) is 18.4 Å². The van der Waals surface area contributed by atoms with Gasteiger partial charge in [-0.3, -0.25) is 0 Å². The maximum atomic E-state index is 13.8. The number of hydrogen-bond acceptors (Lipinski definition) is 6. The van der Waals surface area contributed by atoms with E-state index in [9.17, 15) is 9.50 Å². The molecule has 3 rings (SSSR count). The van der Waals surface area contributed by atoms with E-state index < -0.39 is 5.60 Å². The molecule has 22 heavy (non-hydrogen) atoms. The molecular weight excluding hydrogens is 373 g/mol. The summed E-state index contributed by atoms with van der Waals surface area (Å²) in [7, 11) is 0. The minimum atomic E-state index is -0.787. The molecule has 1 aromatic carbocycles. The lowest BCUT2D eigenvalue weighted by atomic mass is 9.95. The number of anilines is 1. The second-order valence-corrected chi connectivity index (χ2v) is 7.12. The maximum Gasteiger partial charge on any atom is 0.206 e. The molecule has 1 aliphatic heterocycles. The van der Waals surface area contributed by atoms with Crippen LogP contribution >= 0.6 is 27.3 Å². The van der Waals surface area contributed by atoms with Gasteiger partial charge in [0.15, 0.2) is 5.01 Å². The van der Waals surface area contributed by atoms with Crippen LogP contribution in [-0.4, -0.2) is 40.7 Å². The third kappa shape index (κ3) is 3.62. The molecule has 1 saturated heterocycles. The van der Waals surface area contributed by atoms with Gasteiger partial charge in [-0.15, -0.1) is 10.2 Å². The fourth-order valence-corrected chi connectivity index (χ4v) is 3.35. The Bertz CT molecular complexity index is 661. The quantitative estimate of drug-likeness (QED) is 0.843. The van der Waals surface area contributed by atoms with Gasteiger partial charge in [0, 0.05) is 42.6 Å². The second kappa shape index (κ2) is 6.57. The molecule has 2 aromatic rings. The molecule has 1 aromatic heterocycles. The van der Waals surface area contributed by atoms with E-state index in [1.165, 1.54) is 17.4 Å². The van der Waals surface area contributed by atoms with Crippen molar-refractivity contribution in [2.75, 3.05) is 25.1 Å². The van der Waals surface area contributed by atoms with E-state index >= 15 is 0 Å². The van der Waals surface area contributed by atoms with Crippen molar-refractivity contribution in [3.05, 3.63) is 28.5 Å². The van der Waals surface area contributed by atoms with Crippen LogP contribution in [0.15, 0.2) is 22.7 Å².